The molecular weight excluding hydrogens is 498 g/mol. The molecule has 0 radical (unpaired) electrons. The molecule has 0 saturated carbocycles. The number of oxime groups is 2. The summed E-state index contributed by atoms with van der Waals surface area (Å²) in [6.07, 6.45) is -4.24. The highest BCUT2D eigenvalue weighted by atomic mass is 35.5. The number of halogens is 5. The molecule has 0 saturated heterocycles. The molecule has 2 aromatic carbocycles. The van der Waals surface area contributed by atoms with Crippen LogP contribution in [0.1, 0.15) is 33.5 Å². The lowest BCUT2D eigenvalue weighted by Gasteiger charge is -2.29. The van der Waals surface area contributed by atoms with Crippen LogP contribution in [0.5, 0.6) is 0 Å². The number of methoxy groups -OCH3 is 1. The van der Waals surface area contributed by atoms with Crippen LogP contribution < -0.4 is 0 Å². The second-order valence-electron chi connectivity index (χ2n) is 7.41. The van der Waals surface area contributed by atoms with Crippen molar-refractivity contribution < 1.29 is 32.4 Å². The van der Waals surface area contributed by atoms with Gasteiger partial charge in [0.25, 0.3) is 11.5 Å². The van der Waals surface area contributed by atoms with Crippen LogP contribution in [-0.2, 0) is 20.0 Å². The fourth-order valence-electron chi connectivity index (χ4n) is 3.47. The number of ether oxygens (including phenoxy) is 1. The molecule has 7 nitrogen and oxygen atoms in total. The van der Waals surface area contributed by atoms with Gasteiger partial charge in [-0.2, -0.15) is 13.2 Å². The van der Waals surface area contributed by atoms with Crippen LogP contribution in [0.15, 0.2) is 46.7 Å². The molecule has 0 fully saturated rings. The maximum Gasteiger partial charge on any atom is 0.435 e. The van der Waals surface area contributed by atoms with E-state index in [0.717, 1.165) is 12.1 Å². The van der Waals surface area contributed by atoms with Crippen LogP contribution in [-0.4, -0.2) is 50.0 Å². The molecule has 0 bridgehead atoms. The maximum atomic E-state index is 14.2. The number of carbonyl (C=O) groups is 1. The Kier molecular flexibility index (Phi) is 7.74. The van der Waals surface area contributed by atoms with E-state index in [2.05, 4.69) is 15.1 Å². The van der Waals surface area contributed by atoms with Gasteiger partial charge in [-0.1, -0.05) is 39.6 Å². The topological polar surface area (TPSA) is 72.7 Å². The number of carbonyl (C=O) groups excluding carboxylic acids is 1. The average molecular weight is 518 g/mol. The first-order chi connectivity index (χ1) is 16.0. The molecule has 1 heterocycles. The fourth-order valence-corrected chi connectivity index (χ4v) is 4.00. The molecule has 0 aromatic heterocycles. The van der Waals surface area contributed by atoms with E-state index in [4.69, 9.17) is 32.8 Å². The first kappa shape index (κ1) is 25.8. The van der Waals surface area contributed by atoms with Crippen LogP contribution in [0.3, 0.4) is 0 Å². The Bertz CT molecular complexity index is 1120. The van der Waals surface area contributed by atoms with Gasteiger partial charge in [-0.15, -0.1) is 0 Å². The smallest absolute Gasteiger partial charge is 0.398 e. The largest absolute Gasteiger partial charge is 0.435 e. The molecule has 2 aromatic rings. The molecule has 1 aliphatic rings. The zero-order valence-corrected chi connectivity index (χ0v) is 19.8. The Labute approximate surface area is 203 Å². The van der Waals surface area contributed by atoms with Gasteiger partial charge in [-0.05, 0) is 48.4 Å². The Morgan fingerprint density at radius 3 is 2.47 bits per heavy atom. The first-order valence-electron chi connectivity index (χ1n) is 9.78. The van der Waals surface area contributed by atoms with Crippen molar-refractivity contribution in [3.05, 3.63) is 68.7 Å². The summed E-state index contributed by atoms with van der Waals surface area (Å²) in [5, 5.41) is 7.39. The Balaban J connectivity index is 1.92. The number of hydrogen-bond donors (Lipinski definition) is 0. The number of amides is 1. The standard InChI is InChI=1S/C22H20Cl2F3N3O4/c1-13-6-14(4-5-18(13)20(31)30(12-32-2)11-28-33-3)19-10-21(34-29-19,22(25,26)27)15-7-16(23)9-17(24)8-15/h4-9,11H,10,12H2,1-3H3/b28-11+. The molecule has 0 N–H and O–H groups in total. The summed E-state index contributed by atoms with van der Waals surface area (Å²) in [7, 11) is 2.74. The Morgan fingerprint density at radius 1 is 1.24 bits per heavy atom. The summed E-state index contributed by atoms with van der Waals surface area (Å²) in [5.74, 6) is -0.436. The van der Waals surface area contributed by atoms with Gasteiger partial charge < -0.3 is 14.4 Å². The van der Waals surface area contributed by atoms with Crippen molar-refractivity contribution in [3.8, 4) is 0 Å². The molecule has 0 aliphatic carbocycles. The van der Waals surface area contributed by atoms with Crippen molar-refractivity contribution in [1.82, 2.24) is 4.90 Å². The molecule has 3 rings (SSSR count). The van der Waals surface area contributed by atoms with E-state index in [1.807, 2.05) is 0 Å². The molecule has 34 heavy (non-hydrogen) atoms. The van der Waals surface area contributed by atoms with Crippen molar-refractivity contribution >= 4 is 41.2 Å². The normalized spacial score (nSPS) is 18.1. The number of nitrogens with zero attached hydrogens (tertiary/aromatic N) is 3. The lowest BCUT2D eigenvalue weighted by molar-refractivity contribution is -0.275. The van der Waals surface area contributed by atoms with Crippen molar-refractivity contribution in [2.24, 2.45) is 10.3 Å². The second kappa shape index (κ2) is 10.2. The number of benzene rings is 2. The van der Waals surface area contributed by atoms with Crippen LogP contribution in [0.25, 0.3) is 0 Å². The van der Waals surface area contributed by atoms with Gasteiger partial charge in [0.15, 0.2) is 0 Å². The van der Waals surface area contributed by atoms with Gasteiger partial charge >= 0.3 is 6.18 Å². The Hall–Kier alpha value is -2.82. The molecule has 1 unspecified atom stereocenters. The summed E-state index contributed by atoms with van der Waals surface area (Å²) >= 11 is 11.9. The first-order valence-corrected chi connectivity index (χ1v) is 10.5. The van der Waals surface area contributed by atoms with E-state index >= 15 is 0 Å². The van der Waals surface area contributed by atoms with E-state index in [0.29, 0.717) is 16.7 Å². The third-order valence-electron chi connectivity index (χ3n) is 5.13. The number of rotatable bonds is 7. The molecule has 1 aliphatic heterocycles. The molecule has 1 atom stereocenters. The highest BCUT2D eigenvalue weighted by molar-refractivity contribution is 6.34. The zero-order valence-electron chi connectivity index (χ0n) is 18.3. The number of aryl methyl sites for hydroxylation is 1. The summed E-state index contributed by atoms with van der Waals surface area (Å²) in [6, 6.07) is 8.18. The summed E-state index contributed by atoms with van der Waals surface area (Å²) in [5.41, 5.74) is -1.76. The SMILES string of the molecule is COCN(/C=N/OC)C(=O)c1ccc(C2=NOC(c3cc(Cl)cc(Cl)c3)(C(F)(F)F)C2)cc1C. The van der Waals surface area contributed by atoms with E-state index in [9.17, 15) is 18.0 Å². The lowest BCUT2D eigenvalue weighted by Crippen LogP contribution is -2.42. The quantitative estimate of drug-likeness (QED) is 0.210. The highest BCUT2D eigenvalue weighted by Crippen LogP contribution is 2.49. The zero-order chi connectivity index (χ0) is 25.1. The van der Waals surface area contributed by atoms with Crippen molar-refractivity contribution in [3.63, 3.8) is 0 Å². The minimum atomic E-state index is -4.81. The van der Waals surface area contributed by atoms with Gasteiger partial charge in [0.05, 0.1) is 5.71 Å². The summed E-state index contributed by atoms with van der Waals surface area (Å²) in [4.78, 5) is 23.7. The minimum absolute atomic E-state index is 0.0412. The lowest BCUT2D eigenvalue weighted by atomic mass is 9.86. The van der Waals surface area contributed by atoms with Crippen LogP contribution >= 0.6 is 23.2 Å². The molecule has 1 amide bonds. The number of alkyl halides is 3. The van der Waals surface area contributed by atoms with E-state index in [1.54, 1.807) is 13.0 Å². The third kappa shape index (κ3) is 5.13. The van der Waals surface area contributed by atoms with E-state index < -0.39 is 24.1 Å². The van der Waals surface area contributed by atoms with Gasteiger partial charge in [0.1, 0.15) is 20.2 Å². The average Bonchev–Trinajstić information content (AvgIpc) is 3.22. The Morgan fingerprint density at radius 2 is 1.91 bits per heavy atom. The van der Waals surface area contributed by atoms with Gasteiger partial charge in [-0.3, -0.25) is 9.69 Å². The van der Waals surface area contributed by atoms with E-state index in [1.165, 1.54) is 43.7 Å². The predicted molar refractivity (Wildman–Crippen MR) is 121 cm³/mol. The van der Waals surface area contributed by atoms with Gasteiger partial charge in [0.2, 0.25) is 0 Å². The van der Waals surface area contributed by atoms with Crippen LogP contribution in [0.4, 0.5) is 13.2 Å². The van der Waals surface area contributed by atoms with Crippen molar-refractivity contribution in [2.45, 2.75) is 25.1 Å². The molecule has 12 heteroatoms. The minimum Gasteiger partial charge on any atom is -0.398 e. The monoisotopic (exact) mass is 517 g/mol. The van der Waals surface area contributed by atoms with Gasteiger partial charge in [-0.25, -0.2) is 0 Å². The van der Waals surface area contributed by atoms with E-state index in [-0.39, 0.29) is 28.1 Å². The summed E-state index contributed by atoms with van der Waals surface area (Å²) < 4.78 is 47.6. The van der Waals surface area contributed by atoms with Crippen LogP contribution in [0.2, 0.25) is 10.0 Å². The number of hydrogen-bond acceptors (Lipinski definition) is 6. The second-order valence-corrected chi connectivity index (χ2v) is 8.29. The van der Waals surface area contributed by atoms with Crippen molar-refractivity contribution in [2.75, 3.05) is 21.0 Å². The molecular formula is C22H20Cl2F3N3O4. The fraction of sp³-hybridized carbons (Fsp3) is 0.318. The maximum absolute atomic E-state index is 14.2. The predicted octanol–water partition coefficient (Wildman–Crippen LogP) is 5.52. The highest BCUT2D eigenvalue weighted by Gasteiger charge is 2.62. The third-order valence-corrected chi connectivity index (χ3v) is 5.56. The molecule has 182 valence electrons. The van der Waals surface area contributed by atoms with Gasteiger partial charge in [0, 0.05) is 34.7 Å². The molecule has 0 spiro atoms. The summed E-state index contributed by atoms with van der Waals surface area (Å²) in [6.45, 7) is 1.57. The van der Waals surface area contributed by atoms with Crippen LogP contribution in [0, 0.1) is 6.92 Å². The van der Waals surface area contributed by atoms with Crippen molar-refractivity contribution in [1.29, 1.82) is 0 Å².